The molecule has 0 aliphatic carbocycles. The summed E-state index contributed by atoms with van der Waals surface area (Å²) in [6.45, 7) is 6.76. The van der Waals surface area contributed by atoms with Crippen molar-refractivity contribution in [1.29, 1.82) is 0 Å². The number of amides is 1. The van der Waals surface area contributed by atoms with Gasteiger partial charge >= 0.3 is 5.97 Å². The van der Waals surface area contributed by atoms with Crippen LogP contribution in [0, 0.1) is 13.8 Å². The summed E-state index contributed by atoms with van der Waals surface area (Å²) in [6.07, 6.45) is 2.05. The number of hydrogen-bond donors (Lipinski definition) is 0. The third-order valence-electron chi connectivity index (χ3n) is 4.69. The molecule has 6 nitrogen and oxygen atoms in total. The summed E-state index contributed by atoms with van der Waals surface area (Å²) < 4.78 is 13.2. The summed E-state index contributed by atoms with van der Waals surface area (Å²) in [7, 11) is 1.35. The number of rotatable bonds is 7. The van der Waals surface area contributed by atoms with Gasteiger partial charge in [0.25, 0.3) is 5.91 Å². The Morgan fingerprint density at radius 2 is 1.87 bits per heavy atom. The lowest BCUT2D eigenvalue weighted by molar-refractivity contribution is -0.141. The molecule has 0 aliphatic heterocycles. The highest BCUT2D eigenvalue weighted by Crippen LogP contribution is 2.23. The second-order valence-corrected chi connectivity index (χ2v) is 8.13. The van der Waals surface area contributed by atoms with Gasteiger partial charge in [0.05, 0.1) is 23.9 Å². The lowest BCUT2D eigenvalue weighted by Crippen LogP contribution is -2.22. The van der Waals surface area contributed by atoms with E-state index in [-0.39, 0.29) is 12.5 Å². The molecule has 158 valence electrons. The number of methoxy groups -OCH3 is 1. The fourth-order valence-corrected chi connectivity index (χ4v) is 4.40. The van der Waals surface area contributed by atoms with Crippen molar-refractivity contribution in [3.63, 3.8) is 0 Å². The molecule has 0 N–H and O–H groups in total. The summed E-state index contributed by atoms with van der Waals surface area (Å²) in [5.41, 5.74) is 3.49. The molecule has 0 atom stereocenters. The number of aryl methyl sites for hydroxylation is 2. The Hall–Kier alpha value is -2.93. The first kappa shape index (κ1) is 21.8. The van der Waals surface area contributed by atoms with Crippen molar-refractivity contribution in [2.24, 2.45) is 4.99 Å². The van der Waals surface area contributed by atoms with Crippen molar-refractivity contribution < 1.29 is 19.1 Å². The lowest BCUT2D eigenvalue weighted by Gasteiger charge is -2.07. The fourth-order valence-electron chi connectivity index (χ4n) is 3.20. The van der Waals surface area contributed by atoms with E-state index in [0.29, 0.717) is 17.0 Å². The van der Waals surface area contributed by atoms with Crippen molar-refractivity contribution in [2.75, 3.05) is 13.7 Å². The molecule has 1 amide bonds. The van der Waals surface area contributed by atoms with Gasteiger partial charge in [-0.1, -0.05) is 30.7 Å². The van der Waals surface area contributed by atoms with Crippen LogP contribution in [0.2, 0.25) is 0 Å². The minimum Gasteiger partial charge on any atom is -0.494 e. The van der Waals surface area contributed by atoms with Gasteiger partial charge in [0.15, 0.2) is 4.80 Å². The smallest absolute Gasteiger partial charge is 0.325 e. The van der Waals surface area contributed by atoms with E-state index in [9.17, 15) is 9.59 Å². The third kappa shape index (κ3) is 4.97. The first-order chi connectivity index (χ1) is 14.4. The zero-order valence-electron chi connectivity index (χ0n) is 17.7. The molecule has 1 heterocycles. The highest BCUT2D eigenvalue weighted by Gasteiger charge is 2.14. The van der Waals surface area contributed by atoms with Crippen LogP contribution in [0.4, 0.5) is 0 Å². The number of carbonyl (C=O) groups excluding carboxylic acids is 2. The zero-order chi connectivity index (χ0) is 21.7. The van der Waals surface area contributed by atoms with Crippen LogP contribution in [0.3, 0.4) is 0 Å². The Labute approximate surface area is 179 Å². The van der Waals surface area contributed by atoms with Gasteiger partial charge < -0.3 is 14.0 Å². The van der Waals surface area contributed by atoms with Crippen molar-refractivity contribution in [3.8, 4) is 5.75 Å². The maximum atomic E-state index is 12.8. The van der Waals surface area contributed by atoms with Gasteiger partial charge in [-0.05, 0) is 61.7 Å². The van der Waals surface area contributed by atoms with Crippen LogP contribution in [0.5, 0.6) is 5.75 Å². The van der Waals surface area contributed by atoms with Crippen LogP contribution in [0.25, 0.3) is 10.2 Å². The summed E-state index contributed by atoms with van der Waals surface area (Å²) in [5, 5.41) is 0. The standard InChI is InChI=1S/C23H26N2O4S/c1-5-6-11-29-18-9-7-17(8-10-18)22(27)24-23-25(14-20(26)28-4)21-16(3)12-15(2)13-19(21)30-23/h7-10,12-13H,5-6,11,14H2,1-4H3. The minimum absolute atomic E-state index is 0.00325. The van der Waals surface area contributed by atoms with Gasteiger partial charge in [-0.15, -0.1) is 0 Å². The molecule has 0 spiro atoms. The number of fused-ring (bicyclic) bond motifs is 1. The van der Waals surface area contributed by atoms with Crippen molar-refractivity contribution >= 4 is 33.4 Å². The highest BCUT2D eigenvalue weighted by molar-refractivity contribution is 7.16. The summed E-state index contributed by atoms with van der Waals surface area (Å²) >= 11 is 1.39. The van der Waals surface area contributed by atoms with Gasteiger partial charge in [-0.25, -0.2) is 0 Å². The number of nitrogens with zero attached hydrogens (tertiary/aromatic N) is 2. The number of benzene rings is 2. The van der Waals surface area contributed by atoms with Crippen LogP contribution in [-0.4, -0.2) is 30.2 Å². The number of aromatic nitrogens is 1. The summed E-state index contributed by atoms with van der Waals surface area (Å²) in [5.74, 6) is -0.0273. The summed E-state index contributed by atoms with van der Waals surface area (Å²) in [6, 6.07) is 11.1. The van der Waals surface area contributed by atoms with Crippen molar-refractivity contribution in [1.82, 2.24) is 4.57 Å². The molecule has 0 aliphatic rings. The molecule has 0 unspecified atom stereocenters. The van der Waals surface area contributed by atoms with Crippen LogP contribution < -0.4 is 9.54 Å². The highest BCUT2D eigenvalue weighted by atomic mass is 32.1. The maximum absolute atomic E-state index is 12.8. The van der Waals surface area contributed by atoms with Gasteiger partial charge in [-0.3, -0.25) is 9.59 Å². The molecule has 3 rings (SSSR count). The van der Waals surface area contributed by atoms with Gasteiger partial charge in [0.1, 0.15) is 12.3 Å². The minimum atomic E-state index is -0.392. The molecule has 30 heavy (non-hydrogen) atoms. The predicted octanol–water partition coefficient (Wildman–Crippen LogP) is 4.41. The molecule has 7 heteroatoms. The molecule has 3 aromatic rings. The normalized spacial score (nSPS) is 11.7. The van der Waals surface area contributed by atoms with E-state index in [2.05, 4.69) is 11.9 Å². The van der Waals surface area contributed by atoms with Crippen LogP contribution in [0.1, 0.15) is 41.3 Å². The number of ether oxygens (including phenoxy) is 2. The second kappa shape index (κ2) is 9.71. The zero-order valence-corrected chi connectivity index (χ0v) is 18.5. The molecular formula is C23H26N2O4S. The van der Waals surface area contributed by atoms with E-state index < -0.39 is 5.97 Å². The quantitative estimate of drug-likeness (QED) is 0.414. The molecule has 0 saturated carbocycles. The van der Waals surface area contributed by atoms with Gasteiger partial charge in [-0.2, -0.15) is 4.99 Å². The molecule has 0 radical (unpaired) electrons. The van der Waals surface area contributed by atoms with E-state index in [4.69, 9.17) is 9.47 Å². The lowest BCUT2D eigenvalue weighted by atomic mass is 10.1. The summed E-state index contributed by atoms with van der Waals surface area (Å²) in [4.78, 5) is 29.6. The first-order valence-corrected chi connectivity index (χ1v) is 10.7. The topological polar surface area (TPSA) is 69.9 Å². The fraction of sp³-hybridized carbons (Fsp3) is 0.348. The Bertz CT molecular complexity index is 1130. The number of carbonyl (C=O) groups is 2. The number of thiazole rings is 1. The van der Waals surface area contributed by atoms with Crippen LogP contribution in [-0.2, 0) is 16.1 Å². The second-order valence-electron chi connectivity index (χ2n) is 7.12. The maximum Gasteiger partial charge on any atom is 0.325 e. The molecule has 0 bridgehead atoms. The van der Waals surface area contributed by atoms with Crippen LogP contribution >= 0.6 is 11.3 Å². The van der Waals surface area contributed by atoms with Gasteiger partial charge in [0.2, 0.25) is 0 Å². The van der Waals surface area contributed by atoms with Gasteiger partial charge in [0, 0.05) is 5.56 Å². The first-order valence-electron chi connectivity index (χ1n) is 9.92. The van der Waals surface area contributed by atoms with Crippen molar-refractivity contribution in [3.05, 3.63) is 57.9 Å². The van der Waals surface area contributed by atoms with E-state index >= 15 is 0 Å². The SMILES string of the molecule is CCCCOc1ccc(C(=O)N=c2sc3cc(C)cc(C)c3n2CC(=O)OC)cc1. The molecule has 0 saturated heterocycles. The van der Waals surface area contributed by atoms with E-state index in [1.54, 1.807) is 28.8 Å². The monoisotopic (exact) mass is 426 g/mol. The number of hydrogen-bond acceptors (Lipinski definition) is 5. The van der Waals surface area contributed by atoms with E-state index in [1.807, 2.05) is 26.0 Å². The Morgan fingerprint density at radius 3 is 2.53 bits per heavy atom. The van der Waals surface area contributed by atoms with E-state index in [0.717, 1.165) is 39.9 Å². The average molecular weight is 427 g/mol. The molecule has 0 fully saturated rings. The largest absolute Gasteiger partial charge is 0.494 e. The number of esters is 1. The Morgan fingerprint density at radius 1 is 1.13 bits per heavy atom. The van der Waals surface area contributed by atoms with Crippen molar-refractivity contribution in [2.45, 2.75) is 40.2 Å². The van der Waals surface area contributed by atoms with Crippen LogP contribution in [0.15, 0.2) is 41.4 Å². The molecule has 2 aromatic carbocycles. The Balaban J connectivity index is 1.98. The van der Waals surface area contributed by atoms with E-state index in [1.165, 1.54) is 18.4 Å². The third-order valence-corrected chi connectivity index (χ3v) is 5.72. The number of unbranched alkanes of at least 4 members (excludes halogenated alkanes) is 1. The molecule has 1 aromatic heterocycles. The average Bonchev–Trinajstić information content (AvgIpc) is 3.05. The Kier molecular flexibility index (Phi) is 7.05. The molecular weight excluding hydrogens is 400 g/mol. The predicted molar refractivity (Wildman–Crippen MR) is 118 cm³/mol.